The molecule has 0 saturated heterocycles. The van der Waals surface area contributed by atoms with Gasteiger partial charge in [0.05, 0.1) is 0 Å². The van der Waals surface area contributed by atoms with Crippen LogP contribution in [0.15, 0.2) is 158 Å². The van der Waals surface area contributed by atoms with Gasteiger partial charge in [-0.25, -0.2) is 0 Å². The first-order chi connectivity index (χ1) is 22.2. The average Bonchev–Trinajstić information content (AvgIpc) is 3.66. The monoisotopic (exact) mass is 632 g/mol. The molecule has 6 aromatic rings. The number of benzene rings is 6. The molecule has 6 aromatic carbocycles. The van der Waals surface area contributed by atoms with Crippen molar-refractivity contribution in [1.82, 2.24) is 0 Å². The van der Waals surface area contributed by atoms with Gasteiger partial charge in [0.2, 0.25) is 0 Å². The van der Waals surface area contributed by atoms with Gasteiger partial charge in [-0.15, -0.1) is 0 Å². The predicted octanol–water partition coefficient (Wildman–Crippen LogP) is 9.63. The number of fused-ring (bicyclic) bond motifs is 4. The fraction of sp³-hybridized carbons (Fsp3) is 0.116. The van der Waals surface area contributed by atoms with Crippen molar-refractivity contribution in [3.63, 3.8) is 0 Å². The Bertz CT molecular complexity index is 1900. The Kier molecular flexibility index (Phi) is 9.09. The van der Waals surface area contributed by atoms with Crippen LogP contribution in [-0.4, -0.2) is 0 Å². The van der Waals surface area contributed by atoms with E-state index < -0.39 is 19.2 Å². The molecule has 0 aromatic heterocycles. The molecule has 0 nitrogen and oxygen atoms in total. The summed E-state index contributed by atoms with van der Waals surface area (Å²) >= 11 is -0.454. The van der Waals surface area contributed by atoms with Crippen LogP contribution in [0.25, 0.3) is 17.2 Å². The molecular formula is C43H37PTi. The first-order valence-corrected chi connectivity index (χ1v) is 18.4. The normalized spacial score (nSPS) is 15.7. The summed E-state index contributed by atoms with van der Waals surface area (Å²) in [6.45, 7) is 2.26. The summed E-state index contributed by atoms with van der Waals surface area (Å²) in [5.74, 6) is 0. The van der Waals surface area contributed by atoms with Crippen molar-refractivity contribution in [3.8, 4) is 11.1 Å². The second kappa shape index (κ2) is 13.7. The first-order valence-electron chi connectivity index (χ1n) is 15.9. The fourth-order valence-electron chi connectivity index (χ4n) is 6.55. The van der Waals surface area contributed by atoms with Gasteiger partial charge in [-0.1, -0.05) is 60.7 Å². The molecule has 0 bridgehead atoms. The van der Waals surface area contributed by atoms with E-state index in [1.807, 2.05) is 0 Å². The third kappa shape index (κ3) is 6.61. The SMILES string of the molecule is Cc1ccccc1P[C]1([Ti][c]2cccc3c2Cc2ccccc2-3)C=Cc2ccccc21.c1ccc(CCc2ccccc2)cc1. The van der Waals surface area contributed by atoms with E-state index >= 15 is 0 Å². The van der Waals surface area contributed by atoms with Gasteiger partial charge in [-0.05, 0) is 24.0 Å². The van der Waals surface area contributed by atoms with E-state index in [-0.39, 0.29) is 3.46 Å². The molecule has 0 N–H and O–H groups in total. The molecule has 45 heavy (non-hydrogen) atoms. The van der Waals surface area contributed by atoms with Crippen molar-refractivity contribution in [2.75, 3.05) is 0 Å². The molecule has 8 rings (SSSR count). The number of hydrogen-bond acceptors (Lipinski definition) is 0. The van der Waals surface area contributed by atoms with Crippen LogP contribution >= 0.6 is 8.58 Å². The van der Waals surface area contributed by atoms with E-state index in [2.05, 4.69) is 171 Å². The van der Waals surface area contributed by atoms with Gasteiger partial charge < -0.3 is 0 Å². The summed E-state index contributed by atoms with van der Waals surface area (Å²) in [6.07, 6.45) is 8.27. The molecule has 0 radical (unpaired) electrons. The van der Waals surface area contributed by atoms with Crippen molar-refractivity contribution in [2.24, 2.45) is 0 Å². The predicted molar refractivity (Wildman–Crippen MR) is 191 cm³/mol. The topological polar surface area (TPSA) is 0 Å². The molecular weight excluding hydrogens is 595 g/mol. The number of rotatable bonds is 7. The van der Waals surface area contributed by atoms with E-state index in [0.29, 0.717) is 0 Å². The van der Waals surface area contributed by atoms with E-state index in [9.17, 15) is 0 Å². The smallest absolute Gasteiger partial charge is 0.0238 e. The minimum Gasteiger partial charge on any atom is -0.0622 e. The Labute approximate surface area is 279 Å². The Morgan fingerprint density at radius 3 is 1.98 bits per heavy atom. The van der Waals surface area contributed by atoms with Crippen LogP contribution in [0.4, 0.5) is 0 Å². The van der Waals surface area contributed by atoms with Crippen molar-refractivity contribution < 1.29 is 19.2 Å². The number of hydrogen-bond donors (Lipinski definition) is 0. The third-order valence-electron chi connectivity index (χ3n) is 8.95. The van der Waals surface area contributed by atoms with Crippen LogP contribution in [0.2, 0.25) is 0 Å². The van der Waals surface area contributed by atoms with Gasteiger partial charge in [-0.3, -0.25) is 0 Å². The summed E-state index contributed by atoms with van der Waals surface area (Å²) in [5, 5.41) is 1.50. The van der Waals surface area contributed by atoms with E-state index in [1.54, 1.807) is 9.43 Å². The fourth-order valence-corrected chi connectivity index (χ4v) is 11.9. The zero-order valence-electron chi connectivity index (χ0n) is 25.7. The van der Waals surface area contributed by atoms with E-state index in [0.717, 1.165) is 27.8 Å². The molecule has 218 valence electrons. The molecule has 0 saturated carbocycles. The van der Waals surface area contributed by atoms with Gasteiger partial charge in [0.15, 0.2) is 0 Å². The third-order valence-corrected chi connectivity index (χ3v) is 14.2. The first kappa shape index (κ1) is 29.9. The largest absolute Gasteiger partial charge is 0.0622 e. The van der Waals surface area contributed by atoms with Crippen molar-refractivity contribution in [2.45, 2.75) is 29.6 Å². The zero-order valence-corrected chi connectivity index (χ0v) is 28.3. The van der Waals surface area contributed by atoms with E-state index in [1.165, 1.54) is 49.8 Å². The Balaban J connectivity index is 0.000000195. The van der Waals surface area contributed by atoms with Crippen LogP contribution in [0.3, 0.4) is 0 Å². The maximum absolute atomic E-state index is 2.55. The number of allylic oxidation sites excluding steroid dienone is 1. The van der Waals surface area contributed by atoms with Crippen LogP contribution in [0.1, 0.15) is 38.9 Å². The van der Waals surface area contributed by atoms with Crippen LogP contribution in [-0.2, 0) is 41.9 Å². The second-order valence-electron chi connectivity index (χ2n) is 11.9. The standard InChI is InChI=1S/C16H14P.C14H14.C13H9.Ti/c1-12-6-2-5-9-15(12)17-16-11-10-13-7-3-4-8-14(13)16;1-3-7-13(8-4-1)11-12-14-9-5-2-6-10-14;1-3-7-12-10(5-1)9-11-6-2-4-8-13(11)12;/h2-11,17H,1H3;1-10H,11-12H2;1-5,7-8H,9H2;. The van der Waals surface area contributed by atoms with Crippen LogP contribution in [0.5, 0.6) is 0 Å². The van der Waals surface area contributed by atoms with Gasteiger partial charge in [0.1, 0.15) is 0 Å². The molecule has 0 spiro atoms. The van der Waals surface area contributed by atoms with Gasteiger partial charge >= 0.3 is 196 Å². The molecule has 0 heterocycles. The Morgan fingerprint density at radius 2 is 1.22 bits per heavy atom. The summed E-state index contributed by atoms with van der Waals surface area (Å²) < 4.78 is 1.77. The van der Waals surface area contributed by atoms with E-state index in [4.69, 9.17) is 0 Å². The maximum Gasteiger partial charge on any atom is -0.0238 e. The van der Waals surface area contributed by atoms with Crippen molar-refractivity contribution >= 4 is 23.8 Å². The molecule has 2 atom stereocenters. The van der Waals surface area contributed by atoms with Gasteiger partial charge in [-0.2, -0.15) is 0 Å². The van der Waals surface area contributed by atoms with Crippen LogP contribution in [0, 0.1) is 6.92 Å². The molecule has 2 aliphatic rings. The summed E-state index contributed by atoms with van der Waals surface area (Å²) in [7, 11) is 0.763. The summed E-state index contributed by atoms with van der Waals surface area (Å²) in [5.41, 5.74) is 13.1. The summed E-state index contributed by atoms with van der Waals surface area (Å²) in [6, 6.07) is 55.2. The minimum atomic E-state index is -0.454. The zero-order chi connectivity index (χ0) is 30.5. The second-order valence-corrected chi connectivity index (χ2v) is 16.8. The minimum absolute atomic E-state index is 0.145. The van der Waals surface area contributed by atoms with Crippen molar-refractivity contribution in [3.05, 3.63) is 197 Å². The maximum atomic E-state index is 2.55. The Hall–Kier alpha value is -3.80. The Morgan fingerprint density at radius 1 is 0.600 bits per heavy atom. The van der Waals surface area contributed by atoms with Crippen molar-refractivity contribution in [1.29, 1.82) is 0 Å². The molecule has 0 fully saturated rings. The van der Waals surface area contributed by atoms with Gasteiger partial charge in [0.25, 0.3) is 0 Å². The van der Waals surface area contributed by atoms with Crippen LogP contribution < -0.4 is 9.17 Å². The molecule has 0 amide bonds. The van der Waals surface area contributed by atoms with Gasteiger partial charge in [0, 0.05) is 0 Å². The number of aryl methyl sites for hydroxylation is 3. The quantitative estimate of drug-likeness (QED) is 0.121. The molecule has 2 unspecified atom stereocenters. The summed E-state index contributed by atoms with van der Waals surface area (Å²) in [4.78, 5) is 0. The molecule has 2 aliphatic carbocycles. The molecule has 2 heteroatoms. The average molecular weight is 633 g/mol. The molecule has 0 aliphatic heterocycles.